The summed E-state index contributed by atoms with van der Waals surface area (Å²) >= 11 is 5.85. The first kappa shape index (κ1) is 16.0. The summed E-state index contributed by atoms with van der Waals surface area (Å²) in [5.41, 5.74) is 3.36. The Morgan fingerprint density at radius 1 is 1.16 bits per heavy atom. The second kappa shape index (κ2) is 6.45. The first-order valence-corrected chi connectivity index (χ1v) is 8.72. The Hall–Kier alpha value is -2.46. The highest BCUT2D eigenvalue weighted by molar-refractivity contribution is 6.43. The lowest BCUT2D eigenvalue weighted by molar-refractivity contribution is -0.127. The normalized spacial score (nSPS) is 19.1. The number of hydrogen-bond acceptors (Lipinski definition) is 3. The average molecular weight is 353 g/mol. The monoisotopic (exact) mass is 352 g/mol. The summed E-state index contributed by atoms with van der Waals surface area (Å²) in [5, 5.41) is 0.581. The van der Waals surface area contributed by atoms with Crippen LogP contribution < -0.4 is 0 Å². The molecule has 5 heteroatoms. The lowest BCUT2D eigenvalue weighted by Gasteiger charge is -2.39. The summed E-state index contributed by atoms with van der Waals surface area (Å²) in [6.07, 6.45) is 0.877. The van der Waals surface area contributed by atoms with Gasteiger partial charge in [-0.25, -0.2) is 0 Å². The van der Waals surface area contributed by atoms with Gasteiger partial charge in [0.05, 0.1) is 19.0 Å². The van der Waals surface area contributed by atoms with Crippen LogP contribution in [0.1, 0.15) is 33.9 Å². The smallest absolute Gasteiger partial charge is 0.268 e. The van der Waals surface area contributed by atoms with Gasteiger partial charge in [-0.05, 0) is 41.8 Å². The predicted molar refractivity (Wildman–Crippen MR) is 97.3 cm³/mol. The number of nitrogens with zero attached hydrogens (tertiary/aromatic N) is 2. The van der Waals surface area contributed by atoms with Crippen LogP contribution in [0.5, 0.6) is 0 Å². The molecular formula is C20H17ClN2O2. The zero-order valence-corrected chi connectivity index (χ0v) is 14.4. The minimum atomic E-state index is -0.118. The topological polar surface area (TPSA) is 49.7 Å². The molecule has 0 fully saturated rings. The molecule has 4 rings (SSSR count). The van der Waals surface area contributed by atoms with Gasteiger partial charge < -0.3 is 4.90 Å². The van der Waals surface area contributed by atoms with Crippen LogP contribution in [0.4, 0.5) is 0 Å². The Labute approximate surface area is 151 Å². The van der Waals surface area contributed by atoms with Crippen LogP contribution in [0.15, 0.2) is 53.5 Å². The molecule has 0 unspecified atom stereocenters. The summed E-state index contributed by atoms with van der Waals surface area (Å²) in [6, 6.07) is 14.9. The van der Waals surface area contributed by atoms with Crippen molar-refractivity contribution in [2.45, 2.75) is 18.9 Å². The zero-order valence-electron chi connectivity index (χ0n) is 13.6. The van der Waals surface area contributed by atoms with Crippen molar-refractivity contribution in [2.24, 2.45) is 4.99 Å². The van der Waals surface area contributed by atoms with Gasteiger partial charge in [0, 0.05) is 17.1 Å². The minimum absolute atomic E-state index is 0.00756. The minimum Gasteiger partial charge on any atom is -0.328 e. The van der Waals surface area contributed by atoms with Gasteiger partial charge >= 0.3 is 0 Å². The van der Waals surface area contributed by atoms with Gasteiger partial charge in [-0.3, -0.25) is 14.6 Å². The lowest BCUT2D eigenvalue weighted by atomic mass is 9.90. The number of rotatable bonds is 3. The number of Topliss-reactive ketones (excluding diaryl/α,β-unsaturated/α-hetero) is 1. The molecule has 0 radical (unpaired) electrons. The molecule has 2 heterocycles. The number of aliphatic imine (C=N–C) groups is 1. The third-order valence-corrected chi connectivity index (χ3v) is 5.12. The van der Waals surface area contributed by atoms with E-state index in [1.165, 1.54) is 11.1 Å². The number of ketones is 1. The van der Waals surface area contributed by atoms with Crippen molar-refractivity contribution in [3.05, 3.63) is 70.2 Å². The van der Waals surface area contributed by atoms with Gasteiger partial charge in [0.15, 0.2) is 5.78 Å². The Morgan fingerprint density at radius 3 is 2.72 bits per heavy atom. The highest BCUT2D eigenvalue weighted by atomic mass is 35.5. The van der Waals surface area contributed by atoms with Crippen LogP contribution in [0.2, 0.25) is 5.02 Å². The van der Waals surface area contributed by atoms with Crippen molar-refractivity contribution in [1.82, 2.24) is 4.90 Å². The van der Waals surface area contributed by atoms with Gasteiger partial charge in [-0.1, -0.05) is 35.9 Å². The molecule has 0 spiro atoms. The Kier molecular flexibility index (Phi) is 4.14. The number of fused-ring (bicyclic) bond motifs is 3. The van der Waals surface area contributed by atoms with Gasteiger partial charge in [-0.2, -0.15) is 0 Å². The molecule has 0 saturated heterocycles. The second-order valence-electron chi connectivity index (χ2n) is 6.36. The molecule has 0 aliphatic carbocycles. The number of hydrogen-bond donors (Lipinski definition) is 0. The van der Waals surface area contributed by atoms with Crippen molar-refractivity contribution in [1.29, 1.82) is 0 Å². The van der Waals surface area contributed by atoms with E-state index in [1.54, 1.807) is 24.3 Å². The Balaban J connectivity index is 1.55. The fourth-order valence-corrected chi connectivity index (χ4v) is 3.67. The van der Waals surface area contributed by atoms with E-state index in [-0.39, 0.29) is 24.2 Å². The van der Waals surface area contributed by atoms with Gasteiger partial charge in [-0.15, -0.1) is 0 Å². The molecule has 1 atom stereocenters. The van der Waals surface area contributed by atoms with Gasteiger partial charge in [0.2, 0.25) is 0 Å². The molecule has 0 bridgehead atoms. The van der Waals surface area contributed by atoms with E-state index in [2.05, 4.69) is 17.1 Å². The Morgan fingerprint density at radius 2 is 1.92 bits per heavy atom. The third-order valence-electron chi connectivity index (χ3n) is 4.87. The molecule has 4 nitrogen and oxygen atoms in total. The summed E-state index contributed by atoms with van der Waals surface area (Å²) in [6.45, 7) is 1.20. The number of amides is 1. The van der Waals surface area contributed by atoms with Crippen LogP contribution in [0.3, 0.4) is 0 Å². The molecule has 0 saturated carbocycles. The molecule has 2 aromatic rings. The highest BCUT2D eigenvalue weighted by Crippen LogP contribution is 2.32. The van der Waals surface area contributed by atoms with E-state index in [1.807, 2.05) is 17.0 Å². The van der Waals surface area contributed by atoms with Crippen molar-refractivity contribution < 1.29 is 9.59 Å². The largest absolute Gasteiger partial charge is 0.328 e. The summed E-state index contributed by atoms with van der Waals surface area (Å²) < 4.78 is 0. The van der Waals surface area contributed by atoms with Crippen molar-refractivity contribution >= 4 is 29.0 Å². The molecule has 25 heavy (non-hydrogen) atoms. The molecule has 0 N–H and O–H groups in total. The van der Waals surface area contributed by atoms with E-state index in [0.717, 1.165) is 6.42 Å². The quantitative estimate of drug-likeness (QED) is 0.794. The molecular weight excluding hydrogens is 336 g/mol. The fourth-order valence-electron chi connectivity index (χ4n) is 3.54. The zero-order chi connectivity index (χ0) is 17.4. The van der Waals surface area contributed by atoms with Crippen LogP contribution in [-0.2, 0) is 11.2 Å². The number of carbonyl (C=O) groups is 2. The van der Waals surface area contributed by atoms with E-state index in [4.69, 9.17) is 11.6 Å². The Bertz CT molecular complexity index is 874. The predicted octanol–water partition coefficient (Wildman–Crippen LogP) is 3.49. The van der Waals surface area contributed by atoms with Gasteiger partial charge in [0.1, 0.15) is 5.71 Å². The van der Waals surface area contributed by atoms with E-state index in [0.29, 0.717) is 29.4 Å². The highest BCUT2D eigenvalue weighted by Gasteiger charge is 2.36. The molecule has 1 amide bonds. The molecule has 0 aromatic heterocycles. The molecule has 126 valence electrons. The maximum atomic E-state index is 12.8. The average Bonchev–Trinajstić information content (AvgIpc) is 2.64. The van der Waals surface area contributed by atoms with Crippen LogP contribution in [0.25, 0.3) is 0 Å². The van der Waals surface area contributed by atoms with Gasteiger partial charge in [0.25, 0.3) is 5.91 Å². The molecule has 2 aliphatic heterocycles. The first-order valence-electron chi connectivity index (χ1n) is 8.34. The number of benzene rings is 2. The van der Waals surface area contributed by atoms with Crippen molar-refractivity contribution in [3.8, 4) is 0 Å². The summed E-state index contributed by atoms with van der Waals surface area (Å²) in [7, 11) is 0. The fraction of sp³-hybridized carbons (Fsp3) is 0.250. The summed E-state index contributed by atoms with van der Waals surface area (Å²) in [4.78, 5) is 31.6. The first-order chi connectivity index (χ1) is 12.1. The third kappa shape index (κ3) is 2.98. The molecule has 2 aromatic carbocycles. The van der Waals surface area contributed by atoms with Crippen LogP contribution >= 0.6 is 11.6 Å². The summed E-state index contributed by atoms with van der Waals surface area (Å²) in [5.74, 6) is -0.229. The van der Waals surface area contributed by atoms with Crippen molar-refractivity contribution in [3.63, 3.8) is 0 Å². The maximum absolute atomic E-state index is 12.8. The van der Waals surface area contributed by atoms with E-state index >= 15 is 0 Å². The van der Waals surface area contributed by atoms with Crippen LogP contribution in [-0.4, -0.2) is 35.4 Å². The standard InChI is InChI=1S/C20H17ClN2O2/c21-15-7-5-14(6-8-15)19(24)11-17-20(25)23-10-9-13-3-1-2-4-16(13)18(23)12-22-17/h1-8,18H,9-12H2/t18-/m0/s1. The SMILES string of the molecule is O=C(CC1=NC[C@H]2c3ccccc3CCN2C1=O)c1ccc(Cl)cc1. The lowest BCUT2D eigenvalue weighted by Crippen LogP contribution is -2.48. The molecule has 2 aliphatic rings. The second-order valence-corrected chi connectivity index (χ2v) is 6.79. The number of halogens is 1. The van der Waals surface area contributed by atoms with Crippen LogP contribution in [0, 0.1) is 0 Å². The van der Waals surface area contributed by atoms with E-state index < -0.39 is 0 Å². The van der Waals surface area contributed by atoms with E-state index in [9.17, 15) is 9.59 Å². The maximum Gasteiger partial charge on any atom is 0.268 e. The van der Waals surface area contributed by atoms with Crippen molar-refractivity contribution in [2.75, 3.05) is 13.1 Å². The number of carbonyl (C=O) groups excluding carboxylic acids is 2.